The predicted octanol–water partition coefficient (Wildman–Crippen LogP) is 3.08. The summed E-state index contributed by atoms with van der Waals surface area (Å²) in [5.74, 6) is -0.447. The van der Waals surface area contributed by atoms with Gasteiger partial charge >= 0.3 is 0 Å². The Bertz CT molecular complexity index is 617. The Morgan fingerprint density at radius 3 is 2.85 bits per heavy atom. The van der Waals surface area contributed by atoms with Gasteiger partial charge in [0.05, 0.1) is 18.9 Å². The number of benzene rings is 1. The molecule has 1 N–H and O–H groups in total. The Kier molecular flexibility index (Phi) is 4.75. The quantitative estimate of drug-likeness (QED) is 0.918. The van der Waals surface area contributed by atoms with Crippen LogP contribution in [0.25, 0.3) is 0 Å². The number of anilines is 1. The van der Waals surface area contributed by atoms with Gasteiger partial charge in [-0.25, -0.2) is 0 Å². The third-order valence-electron chi connectivity index (χ3n) is 2.82. The maximum Gasteiger partial charge on any atom is 0.242 e. The average Bonchev–Trinajstić information content (AvgIpc) is 2.98. The number of thiophene rings is 1. The SMILES string of the molecule is COc1ccccc1NC(=O)C(C#N)Cc1cccs1. The molecule has 4 nitrogen and oxygen atoms in total. The lowest BCUT2D eigenvalue weighted by atomic mass is 10.1. The van der Waals surface area contributed by atoms with Gasteiger partial charge in [0.15, 0.2) is 0 Å². The molecule has 1 amide bonds. The van der Waals surface area contributed by atoms with Crippen molar-refractivity contribution < 1.29 is 9.53 Å². The molecule has 1 aromatic carbocycles. The molecular weight excluding hydrogens is 272 g/mol. The molecule has 0 aliphatic heterocycles. The Morgan fingerprint density at radius 1 is 1.40 bits per heavy atom. The molecule has 2 aromatic rings. The number of para-hydroxylation sites is 2. The molecule has 5 heteroatoms. The van der Waals surface area contributed by atoms with Gasteiger partial charge in [-0.15, -0.1) is 11.3 Å². The molecule has 0 saturated heterocycles. The normalized spacial score (nSPS) is 11.4. The summed E-state index contributed by atoms with van der Waals surface area (Å²) < 4.78 is 5.17. The lowest BCUT2D eigenvalue weighted by Gasteiger charge is -2.12. The summed E-state index contributed by atoms with van der Waals surface area (Å²) in [4.78, 5) is 13.2. The number of carbonyl (C=O) groups excluding carboxylic acids is 1. The van der Waals surface area contributed by atoms with Gasteiger partial charge in [-0.2, -0.15) is 5.26 Å². The number of hydrogen-bond acceptors (Lipinski definition) is 4. The standard InChI is InChI=1S/C15H14N2O2S/c1-19-14-7-3-2-6-13(14)17-15(18)11(10-16)9-12-5-4-8-20-12/h2-8,11H,9H2,1H3,(H,17,18). The Labute approximate surface area is 121 Å². The molecule has 0 aliphatic rings. The molecule has 0 saturated carbocycles. The van der Waals surface area contributed by atoms with Crippen LogP contribution in [0.5, 0.6) is 5.75 Å². The highest BCUT2D eigenvalue weighted by Gasteiger charge is 2.20. The monoisotopic (exact) mass is 286 g/mol. The van der Waals surface area contributed by atoms with E-state index in [4.69, 9.17) is 10.00 Å². The fourth-order valence-electron chi connectivity index (χ4n) is 1.79. The fraction of sp³-hybridized carbons (Fsp3) is 0.200. The van der Waals surface area contributed by atoms with Crippen LogP contribution in [-0.4, -0.2) is 13.0 Å². The maximum atomic E-state index is 12.2. The van der Waals surface area contributed by atoms with Crippen LogP contribution in [0, 0.1) is 17.2 Å². The third kappa shape index (κ3) is 3.37. The van der Waals surface area contributed by atoms with E-state index < -0.39 is 5.92 Å². The van der Waals surface area contributed by atoms with Crippen molar-refractivity contribution in [3.8, 4) is 11.8 Å². The number of nitrogens with zero attached hydrogens (tertiary/aromatic N) is 1. The van der Waals surface area contributed by atoms with Gasteiger partial charge in [0.1, 0.15) is 11.7 Å². The zero-order valence-corrected chi connectivity index (χ0v) is 11.8. The molecule has 1 heterocycles. The fourth-order valence-corrected chi connectivity index (χ4v) is 2.55. The summed E-state index contributed by atoms with van der Waals surface area (Å²) in [5, 5.41) is 13.8. The van der Waals surface area contributed by atoms with Crippen LogP contribution in [0.3, 0.4) is 0 Å². The minimum atomic E-state index is -0.710. The van der Waals surface area contributed by atoms with Crippen LogP contribution < -0.4 is 10.1 Å². The molecule has 1 aromatic heterocycles. The highest BCUT2D eigenvalue weighted by molar-refractivity contribution is 7.09. The molecule has 20 heavy (non-hydrogen) atoms. The van der Waals surface area contributed by atoms with E-state index in [0.717, 1.165) is 4.88 Å². The molecule has 0 bridgehead atoms. The topological polar surface area (TPSA) is 62.1 Å². The summed E-state index contributed by atoms with van der Waals surface area (Å²) in [6.07, 6.45) is 0.426. The third-order valence-corrected chi connectivity index (χ3v) is 3.72. The first-order chi connectivity index (χ1) is 9.74. The van der Waals surface area contributed by atoms with Gasteiger partial charge in [0.2, 0.25) is 5.91 Å². The van der Waals surface area contributed by atoms with E-state index in [2.05, 4.69) is 11.4 Å². The zero-order valence-electron chi connectivity index (χ0n) is 11.0. The second-order valence-electron chi connectivity index (χ2n) is 4.15. The van der Waals surface area contributed by atoms with Crippen molar-refractivity contribution in [1.82, 2.24) is 0 Å². The highest BCUT2D eigenvalue weighted by Crippen LogP contribution is 2.24. The molecule has 2 rings (SSSR count). The van der Waals surface area contributed by atoms with E-state index in [1.165, 1.54) is 0 Å². The van der Waals surface area contributed by atoms with Crippen molar-refractivity contribution >= 4 is 22.9 Å². The van der Waals surface area contributed by atoms with E-state index in [1.807, 2.05) is 23.6 Å². The number of hydrogen-bond donors (Lipinski definition) is 1. The minimum Gasteiger partial charge on any atom is -0.495 e. The zero-order chi connectivity index (χ0) is 14.4. The summed E-state index contributed by atoms with van der Waals surface area (Å²) in [6.45, 7) is 0. The van der Waals surface area contributed by atoms with Crippen molar-refractivity contribution in [3.63, 3.8) is 0 Å². The van der Waals surface area contributed by atoms with E-state index in [1.54, 1.807) is 36.6 Å². The number of nitrogens with one attached hydrogen (secondary N) is 1. The van der Waals surface area contributed by atoms with Gasteiger partial charge in [-0.1, -0.05) is 18.2 Å². The van der Waals surface area contributed by atoms with Gasteiger partial charge in [-0.05, 0) is 23.6 Å². The first-order valence-corrected chi connectivity index (χ1v) is 6.98. The average molecular weight is 286 g/mol. The Morgan fingerprint density at radius 2 is 2.20 bits per heavy atom. The van der Waals surface area contributed by atoms with E-state index in [-0.39, 0.29) is 5.91 Å². The van der Waals surface area contributed by atoms with Crippen molar-refractivity contribution in [3.05, 3.63) is 46.7 Å². The van der Waals surface area contributed by atoms with Crippen molar-refractivity contribution in [1.29, 1.82) is 5.26 Å². The second kappa shape index (κ2) is 6.73. The summed E-state index contributed by atoms with van der Waals surface area (Å²) in [5.41, 5.74) is 0.575. The van der Waals surface area contributed by atoms with Crippen LogP contribution in [0.2, 0.25) is 0 Å². The first kappa shape index (κ1) is 14.1. The molecule has 0 spiro atoms. The van der Waals surface area contributed by atoms with Crippen molar-refractivity contribution in [2.24, 2.45) is 5.92 Å². The molecule has 102 valence electrons. The Balaban J connectivity index is 2.08. The summed E-state index contributed by atoms with van der Waals surface area (Å²) >= 11 is 1.54. The van der Waals surface area contributed by atoms with E-state index in [9.17, 15) is 4.79 Å². The molecule has 1 unspecified atom stereocenters. The van der Waals surface area contributed by atoms with Gasteiger partial charge in [-0.3, -0.25) is 4.79 Å². The molecule has 0 radical (unpaired) electrons. The molecule has 0 fully saturated rings. The van der Waals surface area contributed by atoms with Crippen molar-refractivity contribution in [2.45, 2.75) is 6.42 Å². The van der Waals surface area contributed by atoms with Gasteiger partial charge in [0, 0.05) is 11.3 Å². The van der Waals surface area contributed by atoms with Crippen LogP contribution in [0.15, 0.2) is 41.8 Å². The largest absolute Gasteiger partial charge is 0.495 e. The van der Waals surface area contributed by atoms with Crippen LogP contribution in [0.4, 0.5) is 5.69 Å². The smallest absolute Gasteiger partial charge is 0.242 e. The lowest BCUT2D eigenvalue weighted by molar-refractivity contribution is -0.118. The number of ether oxygens (including phenoxy) is 1. The second-order valence-corrected chi connectivity index (χ2v) is 5.19. The maximum absolute atomic E-state index is 12.2. The number of methoxy groups -OCH3 is 1. The number of amides is 1. The minimum absolute atomic E-state index is 0.314. The summed E-state index contributed by atoms with van der Waals surface area (Å²) in [6, 6.07) is 13.0. The Hall–Kier alpha value is -2.32. The van der Waals surface area contributed by atoms with Crippen LogP contribution in [-0.2, 0) is 11.2 Å². The predicted molar refractivity (Wildman–Crippen MR) is 78.7 cm³/mol. The number of carbonyl (C=O) groups is 1. The highest BCUT2D eigenvalue weighted by atomic mass is 32.1. The van der Waals surface area contributed by atoms with Gasteiger partial charge < -0.3 is 10.1 Å². The molecule has 0 aliphatic carbocycles. The lowest BCUT2D eigenvalue weighted by Crippen LogP contribution is -2.23. The molecule has 1 atom stereocenters. The van der Waals surface area contributed by atoms with Gasteiger partial charge in [0.25, 0.3) is 0 Å². The molecular formula is C15H14N2O2S. The van der Waals surface area contributed by atoms with Crippen LogP contribution >= 0.6 is 11.3 Å². The number of rotatable bonds is 5. The van der Waals surface area contributed by atoms with Crippen LogP contribution in [0.1, 0.15) is 4.88 Å². The first-order valence-electron chi connectivity index (χ1n) is 6.10. The van der Waals surface area contributed by atoms with E-state index in [0.29, 0.717) is 17.9 Å². The van der Waals surface area contributed by atoms with E-state index >= 15 is 0 Å². The number of nitriles is 1. The van der Waals surface area contributed by atoms with Crippen molar-refractivity contribution in [2.75, 3.05) is 12.4 Å². The summed E-state index contributed by atoms with van der Waals surface area (Å²) in [7, 11) is 1.54.